The lowest BCUT2D eigenvalue weighted by molar-refractivity contribution is 0.867. The molecule has 0 aliphatic carbocycles. The van der Waals surface area contributed by atoms with Gasteiger partial charge in [-0.25, -0.2) is 4.98 Å². The van der Waals surface area contributed by atoms with Crippen molar-refractivity contribution in [2.45, 2.75) is 46.0 Å². The van der Waals surface area contributed by atoms with E-state index in [2.05, 4.69) is 45.0 Å². The number of aryl methyl sites for hydroxylation is 1. The average Bonchev–Trinajstić information content (AvgIpc) is 2.83. The van der Waals surface area contributed by atoms with Gasteiger partial charge in [0.15, 0.2) is 0 Å². The van der Waals surface area contributed by atoms with Crippen LogP contribution in [0.2, 0.25) is 0 Å². The molecule has 1 aromatic heterocycles. The van der Waals surface area contributed by atoms with Gasteiger partial charge < -0.3 is 5.73 Å². The van der Waals surface area contributed by atoms with E-state index in [1.165, 1.54) is 21.0 Å². The van der Waals surface area contributed by atoms with Crippen molar-refractivity contribution in [3.63, 3.8) is 0 Å². The van der Waals surface area contributed by atoms with Crippen LogP contribution < -0.4 is 5.73 Å². The van der Waals surface area contributed by atoms with Gasteiger partial charge in [0.05, 0.1) is 10.7 Å². The van der Waals surface area contributed by atoms with Gasteiger partial charge in [0, 0.05) is 10.4 Å². The summed E-state index contributed by atoms with van der Waals surface area (Å²) in [6.45, 7) is 7.32. The van der Waals surface area contributed by atoms with Crippen LogP contribution in [0.25, 0.3) is 11.3 Å². The maximum atomic E-state index is 5.73. The third kappa shape index (κ3) is 3.47. The van der Waals surface area contributed by atoms with E-state index >= 15 is 0 Å². The second-order valence-electron chi connectivity index (χ2n) is 5.44. The maximum Gasteiger partial charge on any atom is 0.0935 e. The first-order chi connectivity index (χ1) is 9.65. The van der Waals surface area contributed by atoms with Crippen LogP contribution in [0.4, 0.5) is 0 Å². The number of benzene rings is 1. The van der Waals surface area contributed by atoms with Crippen molar-refractivity contribution >= 4 is 11.3 Å². The summed E-state index contributed by atoms with van der Waals surface area (Å²) in [7, 11) is 0. The van der Waals surface area contributed by atoms with Gasteiger partial charge in [0.1, 0.15) is 0 Å². The minimum absolute atomic E-state index is 0.568. The number of hydrogen-bond donors (Lipinski definition) is 1. The van der Waals surface area contributed by atoms with Gasteiger partial charge >= 0.3 is 0 Å². The fourth-order valence-corrected chi connectivity index (χ4v) is 3.48. The lowest BCUT2D eigenvalue weighted by Gasteiger charge is -2.06. The summed E-state index contributed by atoms with van der Waals surface area (Å²) in [6.07, 6.45) is 3.12. The molecule has 0 atom stereocenters. The Balaban J connectivity index is 2.34. The molecular weight excluding hydrogens is 264 g/mol. The Kier molecular flexibility index (Phi) is 5.32. The quantitative estimate of drug-likeness (QED) is 0.856. The highest BCUT2D eigenvalue weighted by atomic mass is 32.1. The lowest BCUT2D eigenvalue weighted by Crippen LogP contribution is -2.02. The largest absolute Gasteiger partial charge is 0.330 e. The Bertz CT molecular complexity index is 541. The van der Waals surface area contributed by atoms with E-state index in [0.717, 1.165) is 25.0 Å². The summed E-state index contributed by atoms with van der Waals surface area (Å²) in [5.74, 6) is 0.568. The van der Waals surface area contributed by atoms with E-state index in [0.29, 0.717) is 12.5 Å². The molecule has 0 aliphatic heterocycles. The van der Waals surface area contributed by atoms with Gasteiger partial charge in [-0.15, -0.1) is 11.3 Å². The molecule has 0 unspecified atom stereocenters. The predicted octanol–water partition coefficient (Wildman–Crippen LogP) is 4.39. The Morgan fingerprint density at radius 2 is 1.85 bits per heavy atom. The number of nitrogens with zero attached hydrogens (tertiary/aromatic N) is 1. The second kappa shape index (κ2) is 7.00. The molecule has 0 saturated heterocycles. The summed E-state index contributed by atoms with van der Waals surface area (Å²) in [6, 6.07) is 8.82. The normalized spacial score (nSPS) is 11.2. The van der Waals surface area contributed by atoms with Crippen molar-refractivity contribution in [1.82, 2.24) is 4.98 Å². The van der Waals surface area contributed by atoms with Crippen molar-refractivity contribution in [3.05, 3.63) is 39.7 Å². The summed E-state index contributed by atoms with van der Waals surface area (Å²) >= 11 is 1.82. The molecule has 3 heteroatoms. The van der Waals surface area contributed by atoms with Gasteiger partial charge in [-0.3, -0.25) is 0 Å². The maximum absolute atomic E-state index is 5.73. The van der Waals surface area contributed by atoms with Crippen molar-refractivity contribution in [2.75, 3.05) is 6.54 Å². The molecule has 1 aromatic carbocycles. The zero-order valence-corrected chi connectivity index (χ0v) is 13.5. The monoisotopic (exact) mass is 288 g/mol. The first-order valence-corrected chi connectivity index (χ1v) is 8.26. The molecule has 2 aromatic rings. The Hall–Kier alpha value is -1.19. The van der Waals surface area contributed by atoms with E-state index in [1.807, 2.05) is 11.3 Å². The second-order valence-corrected chi connectivity index (χ2v) is 6.61. The summed E-state index contributed by atoms with van der Waals surface area (Å²) in [5.41, 5.74) is 9.46. The van der Waals surface area contributed by atoms with Crippen LogP contribution in [0.3, 0.4) is 0 Å². The van der Waals surface area contributed by atoms with E-state index in [9.17, 15) is 0 Å². The standard InChI is InChI=1S/C17H24N2S/c1-4-5-16-19-17(15(20-16)10-11-18)14-8-6-13(7-9-14)12(2)3/h6-9,12H,4-5,10-11,18H2,1-3H3. The van der Waals surface area contributed by atoms with Crippen LogP contribution in [-0.2, 0) is 12.8 Å². The molecule has 0 aliphatic rings. The number of rotatable bonds is 6. The molecule has 2 N–H and O–H groups in total. The molecule has 0 radical (unpaired) electrons. The van der Waals surface area contributed by atoms with Gasteiger partial charge in [-0.05, 0) is 37.3 Å². The molecule has 1 heterocycles. The van der Waals surface area contributed by atoms with E-state index in [-0.39, 0.29) is 0 Å². The molecule has 2 nitrogen and oxygen atoms in total. The minimum atomic E-state index is 0.568. The molecule has 20 heavy (non-hydrogen) atoms. The Labute approximate surface area is 126 Å². The molecule has 0 amide bonds. The van der Waals surface area contributed by atoms with E-state index < -0.39 is 0 Å². The van der Waals surface area contributed by atoms with Crippen LogP contribution in [0.5, 0.6) is 0 Å². The first kappa shape index (κ1) is 15.2. The van der Waals surface area contributed by atoms with Crippen molar-refractivity contribution < 1.29 is 0 Å². The summed E-state index contributed by atoms with van der Waals surface area (Å²) in [5, 5.41) is 1.24. The van der Waals surface area contributed by atoms with E-state index in [4.69, 9.17) is 10.7 Å². The molecule has 2 rings (SSSR count). The van der Waals surface area contributed by atoms with Crippen LogP contribution in [0.1, 0.15) is 48.6 Å². The molecule has 0 saturated carbocycles. The first-order valence-electron chi connectivity index (χ1n) is 7.44. The number of hydrogen-bond acceptors (Lipinski definition) is 3. The van der Waals surface area contributed by atoms with Crippen LogP contribution >= 0.6 is 11.3 Å². The number of nitrogens with two attached hydrogens (primary N) is 1. The predicted molar refractivity (Wildman–Crippen MR) is 88.4 cm³/mol. The lowest BCUT2D eigenvalue weighted by atomic mass is 10.0. The topological polar surface area (TPSA) is 38.9 Å². The molecule has 0 spiro atoms. The minimum Gasteiger partial charge on any atom is -0.330 e. The van der Waals surface area contributed by atoms with Crippen LogP contribution in [0.15, 0.2) is 24.3 Å². The number of aromatic nitrogens is 1. The molecule has 0 fully saturated rings. The smallest absolute Gasteiger partial charge is 0.0935 e. The van der Waals surface area contributed by atoms with Gasteiger partial charge in [-0.2, -0.15) is 0 Å². The van der Waals surface area contributed by atoms with Crippen molar-refractivity contribution in [3.8, 4) is 11.3 Å². The van der Waals surface area contributed by atoms with Crippen molar-refractivity contribution in [2.24, 2.45) is 5.73 Å². The van der Waals surface area contributed by atoms with Gasteiger partial charge in [0.2, 0.25) is 0 Å². The van der Waals surface area contributed by atoms with Crippen molar-refractivity contribution in [1.29, 1.82) is 0 Å². The summed E-state index contributed by atoms with van der Waals surface area (Å²) < 4.78 is 0. The Morgan fingerprint density at radius 3 is 2.40 bits per heavy atom. The molecule has 108 valence electrons. The van der Waals surface area contributed by atoms with Gasteiger partial charge in [0.25, 0.3) is 0 Å². The van der Waals surface area contributed by atoms with E-state index in [1.54, 1.807) is 0 Å². The zero-order valence-electron chi connectivity index (χ0n) is 12.6. The highest BCUT2D eigenvalue weighted by Gasteiger charge is 2.12. The fourth-order valence-electron chi connectivity index (χ4n) is 2.27. The van der Waals surface area contributed by atoms with Crippen LogP contribution in [0, 0.1) is 0 Å². The third-order valence-corrected chi connectivity index (χ3v) is 4.60. The summed E-state index contributed by atoms with van der Waals surface area (Å²) in [4.78, 5) is 6.15. The SMILES string of the molecule is CCCc1nc(-c2ccc(C(C)C)cc2)c(CCN)s1. The highest BCUT2D eigenvalue weighted by Crippen LogP contribution is 2.30. The molecular formula is C17H24N2S. The Morgan fingerprint density at radius 1 is 1.15 bits per heavy atom. The van der Waals surface area contributed by atoms with Gasteiger partial charge in [-0.1, -0.05) is 45.0 Å². The molecule has 0 bridgehead atoms. The third-order valence-electron chi connectivity index (χ3n) is 3.43. The number of thiazole rings is 1. The fraction of sp³-hybridized carbons (Fsp3) is 0.471. The zero-order chi connectivity index (χ0) is 14.5. The highest BCUT2D eigenvalue weighted by molar-refractivity contribution is 7.12. The average molecular weight is 288 g/mol. The van der Waals surface area contributed by atoms with Crippen LogP contribution in [-0.4, -0.2) is 11.5 Å².